The number of hydrogen-bond donors (Lipinski definition) is 1. The third-order valence-electron chi connectivity index (χ3n) is 4.99. The van der Waals surface area contributed by atoms with Crippen LogP contribution >= 0.6 is 0 Å². The molecule has 1 aromatic carbocycles. The lowest BCUT2D eigenvalue weighted by molar-refractivity contribution is -0.138. The van der Waals surface area contributed by atoms with E-state index in [1.165, 1.54) is 0 Å². The molecule has 1 aromatic rings. The molecule has 0 saturated carbocycles. The fourth-order valence-electron chi connectivity index (χ4n) is 3.84. The monoisotopic (exact) mass is 333 g/mol. The molecular weight excluding hydrogens is 310 g/mol. The summed E-state index contributed by atoms with van der Waals surface area (Å²) in [5.41, 5.74) is 0.625. The van der Waals surface area contributed by atoms with Crippen LogP contribution in [0.4, 0.5) is 4.79 Å². The molecule has 1 amide bonds. The number of carbonyl (C=O) groups excluding carboxylic acids is 1. The van der Waals surface area contributed by atoms with Crippen molar-refractivity contribution >= 4 is 12.1 Å². The normalized spacial score (nSPS) is 22.5. The zero-order valence-corrected chi connectivity index (χ0v) is 13.6. The van der Waals surface area contributed by atoms with E-state index in [0.29, 0.717) is 26.2 Å². The molecule has 6 heteroatoms. The standard InChI is InChI=1S/C18H23NO5/c20-16(21)10-15-11-18(6-8-23-9-7-18)19(12-15)17(22)24-13-14-4-2-1-3-5-14/h1-5,15H,6-13H2,(H,20,21). The number of nitrogens with zero attached hydrogens (tertiary/aromatic N) is 1. The lowest BCUT2D eigenvalue weighted by atomic mass is 9.84. The predicted molar refractivity (Wildman–Crippen MR) is 86.5 cm³/mol. The van der Waals surface area contributed by atoms with Crippen molar-refractivity contribution in [3.8, 4) is 0 Å². The number of rotatable bonds is 4. The molecule has 3 rings (SSSR count). The molecule has 2 heterocycles. The second-order valence-electron chi connectivity index (χ2n) is 6.66. The van der Waals surface area contributed by atoms with Gasteiger partial charge in [0.15, 0.2) is 0 Å². The summed E-state index contributed by atoms with van der Waals surface area (Å²) >= 11 is 0. The second kappa shape index (κ2) is 7.21. The lowest BCUT2D eigenvalue weighted by Crippen LogP contribution is -2.50. The Kier molecular flexibility index (Phi) is 5.04. The third kappa shape index (κ3) is 3.70. The molecule has 0 aliphatic carbocycles. The number of hydrogen-bond acceptors (Lipinski definition) is 4. The number of benzene rings is 1. The molecule has 1 spiro atoms. The highest BCUT2D eigenvalue weighted by Crippen LogP contribution is 2.42. The molecule has 2 aliphatic heterocycles. The minimum Gasteiger partial charge on any atom is -0.481 e. The van der Waals surface area contributed by atoms with E-state index in [9.17, 15) is 9.59 Å². The van der Waals surface area contributed by atoms with Crippen molar-refractivity contribution in [1.29, 1.82) is 0 Å². The van der Waals surface area contributed by atoms with Crippen LogP contribution in [0.5, 0.6) is 0 Å². The van der Waals surface area contributed by atoms with Gasteiger partial charge in [0.1, 0.15) is 6.61 Å². The molecule has 0 bridgehead atoms. The zero-order valence-electron chi connectivity index (χ0n) is 13.6. The molecule has 2 aliphatic rings. The number of carbonyl (C=O) groups is 2. The van der Waals surface area contributed by atoms with Gasteiger partial charge in [-0.2, -0.15) is 0 Å². The number of carboxylic acid groups (broad SMARTS) is 1. The maximum absolute atomic E-state index is 12.6. The molecular formula is C18H23NO5. The Balaban J connectivity index is 1.68. The van der Waals surface area contributed by atoms with Crippen LogP contribution in [-0.2, 0) is 20.9 Å². The average Bonchev–Trinajstić information content (AvgIpc) is 2.91. The van der Waals surface area contributed by atoms with Crippen LogP contribution < -0.4 is 0 Å². The van der Waals surface area contributed by atoms with Crippen LogP contribution in [0.2, 0.25) is 0 Å². The summed E-state index contributed by atoms with van der Waals surface area (Å²) in [6, 6.07) is 9.55. The van der Waals surface area contributed by atoms with Crippen LogP contribution in [0, 0.1) is 5.92 Å². The zero-order chi connectivity index (χ0) is 17.0. The van der Waals surface area contributed by atoms with Crippen LogP contribution in [0.15, 0.2) is 30.3 Å². The first kappa shape index (κ1) is 16.8. The highest BCUT2D eigenvalue weighted by molar-refractivity contribution is 5.70. The maximum Gasteiger partial charge on any atom is 0.410 e. The van der Waals surface area contributed by atoms with Gasteiger partial charge in [0.25, 0.3) is 0 Å². The fourth-order valence-corrected chi connectivity index (χ4v) is 3.84. The Hall–Kier alpha value is -2.08. The van der Waals surface area contributed by atoms with Gasteiger partial charge in [0, 0.05) is 26.2 Å². The molecule has 0 radical (unpaired) electrons. The van der Waals surface area contributed by atoms with Crippen molar-refractivity contribution in [2.75, 3.05) is 19.8 Å². The topological polar surface area (TPSA) is 76.1 Å². The van der Waals surface area contributed by atoms with Gasteiger partial charge in [-0.25, -0.2) is 4.79 Å². The van der Waals surface area contributed by atoms with Crippen LogP contribution in [-0.4, -0.2) is 47.4 Å². The van der Waals surface area contributed by atoms with Crippen LogP contribution in [0.1, 0.15) is 31.2 Å². The molecule has 1 N–H and O–H groups in total. The van der Waals surface area contributed by atoms with Gasteiger partial charge >= 0.3 is 12.1 Å². The second-order valence-corrected chi connectivity index (χ2v) is 6.66. The minimum atomic E-state index is -0.818. The molecule has 2 saturated heterocycles. The van der Waals surface area contributed by atoms with Gasteiger partial charge < -0.3 is 19.5 Å². The molecule has 2 fully saturated rings. The number of amides is 1. The molecule has 1 unspecified atom stereocenters. The summed E-state index contributed by atoms with van der Waals surface area (Å²) in [6.45, 7) is 1.87. The molecule has 0 aromatic heterocycles. The van der Waals surface area contributed by atoms with E-state index in [1.54, 1.807) is 4.90 Å². The van der Waals surface area contributed by atoms with Gasteiger partial charge in [0.05, 0.1) is 5.54 Å². The van der Waals surface area contributed by atoms with Crippen LogP contribution in [0.3, 0.4) is 0 Å². The lowest BCUT2D eigenvalue weighted by Gasteiger charge is -2.40. The summed E-state index contributed by atoms with van der Waals surface area (Å²) in [5.74, 6) is -0.841. The Labute approximate surface area is 141 Å². The Morgan fingerprint density at radius 2 is 1.96 bits per heavy atom. The largest absolute Gasteiger partial charge is 0.481 e. The van der Waals surface area contributed by atoms with E-state index < -0.39 is 5.97 Å². The third-order valence-corrected chi connectivity index (χ3v) is 4.99. The Bertz CT molecular complexity index is 582. The number of aliphatic carboxylic acids is 1. The van der Waals surface area contributed by atoms with Crippen molar-refractivity contribution in [2.24, 2.45) is 5.92 Å². The average molecular weight is 333 g/mol. The van der Waals surface area contributed by atoms with Crippen molar-refractivity contribution < 1.29 is 24.2 Å². The van der Waals surface area contributed by atoms with Crippen molar-refractivity contribution in [3.05, 3.63) is 35.9 Å². The van der Waals surface area contributed by atoms with E-state index in [4.69, 9.17) is 14.6 Å². The molecule has 24 heavy (non-hydrogen) atoms. The van der Waals surface area contributed by atoms with E-state index in [0.717, 1.165) is 18.4 Å². The highest BCUT2D eigenvalue weighted by atomic mass is 16.6. The smallest absolute Gasteiger partial charge is 0.410 e. The maximum atomic E-state index is 12.6. The predicted octanol–water partition coefficient (Wildman–Crippen LogP) is 2.67. The van der Waals surface area contributed by atoms with Gasteiger partial charge in [-0.15, -0.1) is 0 Å². The number of carboxylic acids is 1. The molecule has 1 atom stereocenters. The Morgan fingerprint density at radius 3 is 2.62 bits per heavy atom. The van der Waals surface area contributed by atoms with Gasteiger partial charge in [-0.1, -0.05) is 30.3 Å². The van der Waals surface area contributed by atoms with Crippen molar-refractivity contribution in [2.45, 2.75) is 37.8 Å². The molecule has 6 nitrogen and oxygen atoms in total. The molecule has 130 valence electrons. The van der Waals surface area contributed by atoms with Crippen LogP contribution in [0.25, 0.3) is 0 Å². The Morgan fingerprint density at radius 1 is 1.25 bits per heavy atom. The first-order chi connectivity index (χ1) is 11.6. The van der Waals surface area contributed by atoms with Gasteiger partial charge in [-0.3, -0.25) is 4.79 Å². The van der Waals surface area contributed by atoms with Crippen molar-refractivity contribution in [1.82, 2.24) is 4.90 Å². The summed E-state index contributed by atoms with van der Waals surface area (Å²) < 4.78 is 10.9. The quantitative estimate of drug-likeness (QED) is 0.917. The number of likely N-dealkylation sites (tertiary alicyclic amines) is 1. The summed E-state index contributed by atoms with van der Waals surface area (Å²) in [7, 11) is 0. The highest BCUT2D eigenvalue weighted by Gasteiger charge is 2.49. The summed E-state index contributed by atoms with van der Waals surface area (Å²) in [4.78, 5) is 25.4. The summed E-state index contributed by atoms with van der Waals surface area (Å²) in [5, 5.41) is 9.08. The number of ether oxygens (including phenoxy) is 2. The first-order valence-electron chi connectivity index (χ1n) is 8.37. The van der Waals surface area contributed by atoms with E-state index in [2.05, 4.69) is 0 Å². The van der Waals surface area contributed by atoms with E-state index in [1.807, 2.05) is 30.3 Å². The summed E-state index contributed by atoms with van der Waals surface area (Å²) in [6.07, 6.45) is 1.93. The fraction of sp³-hybridized carbons (Fsp3) is 0.556. The van der Waals surface area contributed by atoms with E-state index in [-0.39, 0.29) is 30.6 Å². The van der Waals surface area contributed by atoms with Gasteiger partial charge in [0.2, 0.25) is 0 Å². The van der Waals surface area contributed by atoms with Crippen molar-refractivity contribution in [3.63, 3.8) is 0 Å². The first-order valence-corrected chi connectivity index (χ1v) is 8.37. The minimum absolute atomic E-state index is 0.0233. The SMILES string of the molecule is O=C(O)CC1CN(C(=O)OCc2ccccc2)C2(CCOCC2)C1. The van der Waals surface area contributed by atoms with Gasteiger partial charge in [-0.05, 0) is 30.7 Å². The van der Waals surface area contributed by atoms with E-state index >= 15 is 0 Å².